The number of hydrogen-bond donors (Lipinski definition) is 3. The van der Waals surface area contributed by atoms with Gasteiger partial charge in [-0.25, -0.2) is 14.6 Å². The second-order valence-electron chi connectivity index (χ2n) is 4.46. The van der Waals surface area contributed by atoms with Gasteiger partial charge in [0.2, 0.25) is 0 Å². The molecule has 9 heteroatoms. The number of carboxylic acid groups (broad SMARTS) is 1. The van der Waals surface area contributed by atoms with Gasteiger partial charge in [0.15, 0.2) is 0 Å². The van der Waals surface area contributed by atoms with Crippen molar-refractivity contribution in [2.45, 2.75) is 12.5 Å². The van der Waals surface area contributed by atoms with Gasteiger partial charge in [0.1, 0.15) is 6.04 Å². The van der Waals surface area contributed by atoms with E-state index in [1.54, 1.807) is 0 Å². The molecule has 1 saturated heterocycles. The zero-order valence-corrected chi connectivity index (χ0v) is 11.6. The highest BCUT2D eigenvalue weighted by Crippen LogP contribution is 2.03. The van der Waals surface area contributed by atoms with Gasteiger partial charge in [-0.2, -0.15) is 0 Å². The molecule has 0 bridgehead atoms. The Morgan fingerprint density at radius 1 is 1.50 bits per heavy atom. The number of imidazole rings is 1. The van der Waals surface area contributed by atoms with Crippen molar-refractivity contribution in [1.82, 2.24) is 20.2 Å². The summed E-state index contributed by atoms with van der Waals surface area (Å²) in [4.78, 5) is 31.3. The van der Waals surface area contributed by atoms with Crippen molar-refractivity contribution in [1.29, 1.82) is 0 Å². The zero-order valence-electron chi connectivity index (χ0n) is 10.7. The molecule has 2 heterocycles. The van der Waals surface area contributed by atoms with E-state index in [2.05, 4.69) is 15.3 Å². The molecule has 1 fully saturated rings. The maximum Gasteiger partial charge on any atom is 0.326 e. The summed E-state index contributed by atoms with van der Waals surface area (Å²) in [5, 5.41) is 11.6. The monoisotopic (exact) mass is 300 g/mol. The molecule has 2 rings (SSSR count). The lowest BCUT2D eigenvalue weighted by atomic mass is 10.1. The van der Waals surface area contributed by atoms with Crippen LogP contribution in [0.4, 0.5) is 4.79 Å². The highest BCUT2D eigenvalue weighted by molar-refractivity contribution is 7.85. The van der Waals surface area contributed by atoms with Gasteiger partial charge in [-0.15, -0.1) is 0 Å². The minimum absolute atomic E-state index is 0.140. The predicted octanol–water partition coefficient (Wildman–Crippen LogP) is -0.821. The summed E-state index contributed by atoms with van der Waals surface area (Å²) >= 11 is 0. The first kappa shape index (κ1) is 14.5. The molecule has 1 unspecified atom stereocenters. The van der Waals surface area contributed by atoms with Crippen molar-refractivity contribution < 1.29 is 18.9 Å². The summed E-state index contributed by atoms with van der Waals surface area (Å²) in [6.45, 7) is 0.768. The van der Waals surface area contributed by atoms with Gasteiger partial charge in [-0.05, 0) is 0 Å². The lowest BCUT2D eigenvalue weighted by molar-refractivity contribution is -0.139. The van der Waals surface area contributed by atoms with Crippen molar-refractivity contribution in [2.75, 3.05) is 24.6 Å². The van der Waals surface area contributed by atoms with E-state index in [0.717, 1.165) is 0 Å². The van der Waals surface area contributed by atoms with Crippen LogP contribution in [0.2, 0.25) is 0 Å². The van der Waals surface area contributed by atoms with Crippen LogP contribution in [0.3, 0.4) is 0 Å². The summed E-state index contributed by atoms with van der Waals surface area (Å²) < 4.78 is 11.2. The van der Waals surface area contributed by atoms with Gasteiger partial charge in [-0.3, -0.25) is 4.21 Å². The Morgan fingerprint density at radius 2 is 2.20 bits per heavy atom. The number of aliphatic carboxylic acids is 1. The second-order valence-corrected chi connectivity index (χ2v) is 6.15. The number of carboxylic acids is 1. The first-order valence-corrected chi connectivity index (χ1v) is 7.65. The zero-order chi connectivity index (χ0) is 14.5. The first-order valence-electron chi connectivity index (χ1n) is 6.16. The van der Waals surface area contributed by atoms with E-state index in [1.807, 2.05) is 0 Å². The highest BCUT2D eigenvalue weighted by atomic mass is 32.2. The van der Waals surface area contributed by atoms with Gasteiger partial charge in [0.25, 0.3) is 0 Å². The largest absolute Gasteiger partial charge is 0.480 e. The predicted molar refractivity (Wildman–Crippen MR) is 71.7 cm³/mol. The minimum Gasteiger partial charge on any atom is -0.480 e. The number of urea groups is 1. The quantitative estimate of drug-likeness (QED) is 0.672. The molecular formula is C11H16N4O4S. The molecule has 1 aromatic rings. The molecule has 8 nitrogen and oxygen atoms in total. The van der Waals surface area contributed by atoms with Crippen LogP contribution in [0, 0.1) is 0 Å². The van der Waals surface area contributed by atoms with Gasteiger partial charge >= 0.3 is 12.0 Å². The van der Waals surface area contributed by atoms with Gasteiger partial charge in [0.05, 0.1) is 6.33 Å². The molecule has 1 aromatic heterocycles. The van der Waals surface area contributed by atoms with Crippen molar-refractivity contribution in [3.05, 3.63) is 18.2 Å². The number of amides is 2. The van der Waals surface area contributed by atoms with Crippen LogP contribution >= 0.6 is 0 Å². The molecule has 0 radical (unpaired) electrons. The average Bonchev–Trinajstić information content (AvgIpc) is 2.91. The van der Waals surface area contributed by atoms with E-state index in [4.69, 9.17) is 5.11 Å². The van der Waals surface area contributed by atoms with Crippen LogP contribution in [-0.4, -0.2) is 66.8 Å². The van der Waals surface area contributed by atoms with E-state index >= 15 is 0 Å². The number of carbonyl (C=O) groups excluding carboxylic acids is 1. The van der Waals surface area contributed by atoms with E-state index in [9.17, 15) is 13.8 Å². The Hall–Kier alpha value is -1.90. The van der Waals surface area contributed by atoms with Crippen molar-refractivity contribution >= 4 is 22.8 Å². The Kier molecular flexibility index (Phi) is 4.72. The van der Waals surface area contributed by atoms with Gasteiger partial charge in [0, 0.05) is 53.7 Å². The number of carbonyl (C=O) groups is 2. The van der Waals surface area contributed by atoms with Crippen LogP contribution in [-0.2, 0) is 22.0 Å². The molecule has 0 saturated carbocycles. The molecule has 1 aliphatic rings. The molecule has 0 spiro atoms. The summed E-state index contributed by atoms with van der Waals surface area (Å²) in [5.41, 5.74) is 0.637. The van der Waals surface area contributed by atoms with Crippen LogP contribution in [0.5, 0.6) is 0 Å². The summed E-state index contributed by atoms with van der Waals surface area (Å²) in [6, 6.07) is -1.45. The van der Waals surface area contributed by atoms with Crippen LogP contribution in [0.25, 0.3) is 0 Å². The Morgan fingerprint density at radius 3 is 2.75 bits per heavy atom. The molecule has 3 N–H and O–H groups in total. The van der Waals surface area contributed by atoms with E-state index in [1.165, 1.54) is 17.4 Å². The number of rotatable bonds is 4. The molecule has 20 heavy (non-hydrogen) atoms. The van der Waals surface area contributed by atoms with Crippen molar-refractivity contribution in [3.8, 4) is 0 Å². The molecule has 2 amide bonds. The molecule has 110 valence electrons. The fourth-order valence-corrected chi connectivity index (χ4v) is 2.95. The third kappa shape index (κ3) is 3.80. The Labute approximate surface area is 118 Å². The average molecular weight is 300 g/mol. The normalized spacial score (nSPS) is 17.7. The van der Waals surface area contributed by atoms with Crippen LogP contribution in [0.1, 0.15) is 5.69 Å². The second kappa shape index (κ2) is 6.51. The molecular weight excluding hydrogens is 284 g/mol. The van der Waals surface area contributed by atoms with Crippen molar-refractivity contribution in [3.63, 3.8) is 0 Å². The first-order chi connectivity index (χ1) is 9.56. The molecule has 1 aliphatic heterocycles. The van der Waals surface area contributed by atoms with Gasteiger partial charge < -0.3 is 20.3 Å². The molecule has 1 atom stereocenters. The molecule has 0 aromatic carbocycles. The summed E-state index contributed by atoms with van der Waals surface area (Å²) in [6.07, 6.45) is 3.11. The van der Waals surface area contributed by atoms with Crippen molar-refractivity contribution in [2.24, 2.45) is 0 Å². The SMILES string of the molecule is O=C(O)C(Cc1cnc[nH]1)NC(=O)N1CCS(=O)CC1. The third-order valence-electron chi connectivity index (χ3n) is 3.04. The number of nitrogens with one attached hydrogen (secondary N) is 2. The smallest absolute Gasteiger partial charge is 0.326 e. The van der Waals surface area contributed by atoms with Gasteiger partial charge in [-0.1, -0.05) is 0 Å². The highest BCUT2D eigenvalue weighted by Gasteiger charge is 2.26. The van der Waals surface area contributed by atoms with Crippen LogP contribution in [0.15, 0.2) is 12.5 Å². The third-order valence-corrected chi connectivity index (χ3v) is 4.32. The number of H-pyrrole nitrogens is 1. The minimum atomic E-state index is -1.10. The standard InChI is InChI=1S/C11H16N4O4S/c16-10(17)9(5-8-6-12-7-13-8)14-11(18)15-1-3-20(19)4-2-15/h6-7,9H,1-5H2,(H,12,13)(H,14,18)(H,16,17). The Balaban J connectivity index is 1.92. The fourth-order valence-electron chi connectivity index (χ4n) is 1.90. The number of hydrogen-bond acceptors (Lipinski definition) is 4. The van der Waals surface area contributed by atoms with Crippen LogP contribution < -0.4 is 5.32 Å². The lowest BCUT2D eigenvalue weighted by Crippen LogP contribution is -2.52. The van der Waals surface area contributed by atoms with E-state index < -0.39 is 28.8 Å². The number of nitrogens with zero attached hydrogens (tertiary/aromatic N) is 2. The molecule has 0 aliphatic carbocycles. The topological polar surface area (TPSA) is 115 Å². The summed E-state index contributed by atoms with van der Waals surface area (Å²) in [5.74, 6) is -0.231. The number of aromatic amines is 1. The van der Waals surface area contributed by atoms with E-state index in [0.29, 0.717) is 30.3 Å². The number of aromatic nitrogens is 2. The summed E-state index contributed by atoms with van der Waals surface area (Å²) in [7, 11) is -0.876. The maximum atomic E-state index is 12.0. The fraction of sp³-hybridized carbons (Fsp3) is 0.545. The maximum absolute atomic E-state index is 12.0. The van der Waals surface area contributed by atoms with E-state index in [-0.39, 0.29) is 6.42 Å². The Bertz CT molecular complexity index is 495. The lowest BCUT2D eigenvalue weighted by Gasteiger charge is -2.27.